The van der Waals surface area contributed by atoms with Gasteiger partial charge in [-0.15, -0.1) is 0 Å². The summed E-state index contributed by atoms with van der Waals surface area (Å²) in [6.45, 7) is 9.75. The number of nitrogen functional groups attached to an aromatic ring is 1. The van der Waals surface area contributed by atoms with E-state index in [9.17, 15) is 4.79 Å². The van der Waals surface area contributed by atoms with Crippen molar-refractivity contribution in [3.05, 3.63) is 65.6 Å². The van der Waals surface area contributed by atoms with E-state index in [0.717, 1.165) is 25.1 Å². The summed E-state index contributed by atoms with van der Waals surface area (Å²) in [4.78, 5) is 24.9. The van der Waals surface area contributed by atoms with Crippen LogP contribution in [0.4, 0.5) is 5.82 Å². The van der Waals surface area contributed by atoms with E-state index in [2.05, 4.69) is 55.7 Å². The molecule has 1 saturated heterocycles. The number of anilines is 1. The zero-order chi connectivity index (χ0) is 24.2. The standard InChI is InChI=1S/C27H32N6O/c1-5-7-14-32-16-21(15-18(32)3)33-22(11-6-2)23(24-25(28)29-17-30-26(24)33)27(34)31-19(4)20-12-9-8-10-13-20/h5,7-10,12-13,17-19,21H,14-16H2,1-4H3,(H,31,34)(H2,28,29,30)/b7-5+/t18-,19+,21+/m0/s1. The highest BCUT2D eigenvalue weighted by Gasteiger charge is 2.35. The maximum Gasteiger partial charge on any atom is 0.255 e. The van der Waals surface area contributed by atoms with E-state index in [4.69, 9.17) is 5.73 Å². The summed E-state index contributed by atoms with van der Waals surface area (Å²) in [6, 6.07) is 10.2. The number of rotatable bonds is 6. The molecule has 3 N–H and O–H groups in total. The first-order valence-electron chi connectivity index (χ1n) is 11.7. The van der Waals surface area contributed by atoms with Crippen molar-refractivity contribution in [2.45, 2.75) is 52.2 Å². The number of carbonyl (C=O) groups excluding carboxylic acids is 1. The minimum Gasteiger partial charge on any atom is -0.383 e. The van der Waals surface area contributed by atoms with Crippen LogP contribution in [-0.2, 0) is 0 Å². The van der Waals surface area contributed by atoms with Crippen molar-refractivity contribution >= 4 is 22.8 Å². The highest BCUT2D eigenvalue weighted by atomic mass is 16.1. The number of amides is 1. The van der Waals surface area contributed by atoms with E-state index >= 15 is 0 Å². The second kappa shape index (κ2) is 10.1. The van der Waals surface area contributed by atoms with Gasteiger partial charge in [-0.2, -0.15) is 0 Å². The van der Waals surface area contributed by atoms with Crippen LogP contribution in [0.15, 0.2) is 48.8 Å². The summed E-state index contributed by atoms with van der Waals surface area (Å²) in [6.07, 6.45) is 6.64. The van der Waals surface area contributed by atoms with Crippen LogP contribution in [0.25, 0.3) is 11.0 Å². The van der Waals surface area contributed by atoms with Crippen molar-refractivity contribution in [1.82, 2.24) is 24.8 Å². The molecule has 0 radical (unpaired) electrons. The molecule has 0 unspecified atom stereocenters. The Morgan fingerprint density at radius 2 is 2.09 bits per heavy atom. The number of allylic oxidation sites excluding steroid dienone is 1. The Kier molecular flexibility index (Phi) is 6.99. The first kappa shape index (κ1) is 23.5. The van der Waals surface area contributed by atoms with Gasteiger partial charge < -0.3 is 15.6 Å². The van der Waals surface area contributed by atoms with E-state index in [1.54, 1.807) is 6.92 Å². The highest BCUT2D eigenvalue weighted by Crippen LogP contribution is 2.36. The average Bonchev–Trinajstić information content (AvgIpc) is 3.36. The zero-order valence-corrected chi connectivity index (χ0v) is 20.2. The van der Waals surface area contributed by atoms with Crippen molar-refractivity contribution in [3.63, 3.8) is 0 Å². The number of carbonyl (C=O) groups is 1. The van der Waals surface area contributed by atoms with Gasteiger partial charge in [0, 0.05) is 19.1 Å². The number of likely N-dealkylation sites (tertiary alicyclic amines) is 1. The van der Waals surface area contributed by atoms with Gasteiger partial charge in [0.1, 0.15) is 23.5 Å². The van der Waals surface area contributed by atoms with Crippen molar-refractivity contribution in [2.24, 2.45) is 0 Å². The number of aromatic nitrogens is 3. The lowest BCUT2D eigenvalue weighted by atomic mass is 10.1. The first-order valence-corrected chi connectivity index (χ1v) is 11.7. The predicted molar refractivity (Wildman–Crippen MR) is 136 cm³/mol. The van der Waals surface area contributed by atoms with Crippen LogP contribution >= 0.6 is 0 Å². The molecule has 3 atom stereocenters. The van der Waals surface area contributed by atoms with Crippen LogP contribution in [-0.4, -0.2) is 44.5 Å². The van der Waals surface area contributed by atoms with Gasteiger partial charge in [-0.25, -0.2) is 9.97 Å². The quantitative estimate of drug-likeness (QED) is 0.431. The summed E-state index contributed by atoms with van der Waals surface area (Å²) >= 11 is 0. The minimum atomic E-state index is -0.226. The van der Waals surface area contributed by atoms with Crippen LogP contribution in [0, 0.1) is 11.8 Å². The number of nitrogens with one attached hydrogen (secondary N) is 1. The largest absolute Gasteiger partial charge is 0.383 e. The molecule has 0 aliphatic carbocycles. The van der Waals surface area contributed by atoms with Crippen LogP contribution in [0.3, 0.4) is 0 Å². The van der Waals surface area contributed by atoms with E-state index in [0.29, 0.717) is 28.3 Å². The van der Waals surface area contributed by atoms with Gasteiger partial charge in [0.25, 0.3) is 5.91 Å². The van der Waals surface area contributed by atoms with Crippen LogP contribution in [0.1, 0.15) is 67.8 Å². The second-order valence-electron chi connectivity index (χ2n) is 8.79. The lowest BCUT2D eigenvalue weighted by Gasteiger charge is -2.19. The number of hydrogen-bond acceptors (Lipinski definition) is 5. The first-order chi connectivity index (χ1) is 16.5. The van der Waals surface area contributed by atoms with Gasteiger partial charge in [0.05, 0.1) is 23.0 Å². The molecular formula is C27H32N6O. The summed E-state index contributed by atoms with van der Waals surface area (Å²) in [5, 5.41) is 3.70. The SMILES string of the molecule is CC#Cc1c(C(=O)N[C@H](C)c2ccccc2)c2c(N)ncnc2n1[C@@H]1C[C@H](C)N(C/C=C/C)C1. The maximum atomic E-state index is 13.7. The van der Waals surface area contributed by atoms with E-state index in [1.807, 2.05) is 44.2 Å². The molecule has 4 rings (SSSR count). The van der Waals surface area contributed by atoms with Crippen molar-refractivity contribution in [2.75, 3.05) is 18.8 Å². The number of benzene rings is 1. The fourth-order valence-electron chi connectivity index (χ4n) is 4.82. The van der Waals surface area contributed by atoms with E-state index in [-0.39, 0.29) is 23.8 Å². The number of nitrogens with zero attached hydrogens (tertiary/aromatic N) is 4. The normalized spacial score (nSPS) is 19.3. The molecule has 1 fully saturated rings. The Morgan fingerprint density at radius 1 is 1.32 bits per heavy atom. The van der Waals surface area contributed by atoms with Gasteiger partial charge >= 0.3 is 0 Å². The predicted octanol–water partition coefficient (Wildman–Crippen LogP) is 4.09. The molecule has 34 heavy (non-hydrogen) atoms. The molecule has 1 aliphatic heterocycles. The molecular weight excluding hydrogens is 424 g/mol. The maximum absolute atomic E-state index is 13.7. The number of hydrogen-bond donors (Lipinski definition) is 2. The third-order valence-corrected chi connectivity index (χ3v) is 6.55. The molecule has 176 valence electrons. The third-order valence-electron chi connectivity index (χ3n) is 6.55. The summed E-state index contributed by atoms with van der Waals surface area (Å²) in [7, 11) is 0. The van der Waals surface area contributed by atoms with Gasteiger partial charge in [-0.3, -0.25) is 9.69 Å². The summed E-state index contributed by atoms with van der Waals surface area (Å²) in [5.74, 6) is 6.27. The fourth-order valence-corrected chi connectivity index (χ4v) is 4.82. The Morgan fingerprint density at radius 3 is 2.79 bits per heavy atom. The smallest absolute Gasteiger partial charge is 0.255 e. The molecule has 3 aromatic rings. The van der Waals surface area contributed by atoms with E-state index in [1.165, 1.54) is 6.33 Å². The van der Waals surface area contributed by atoms with Crippen molar-refractivity contribution in [1.29, 1.82) is 0 Å². The second-order valence-corrected chi connectivity index (χ2v) is 8.79. The van der Waals surface area contributed by atoms with Gasteiger partial charge in [-0.05, 0) is 45.6 Å². The molecule has 3 heterocycles. The Hall–Kier alpha value is -3.63. The Labute approximate surface area is 201 Å². The van der Waals surface area contributed by atoms with Crippen LogP contribution in [0.2, 0.25) is 0 Å². The fraction of sp³-hybridized carbons (Fsp3) is 0.370. The number of fused-ring (bicyclic) bond motifs is 1. The highest BCUT2D eigenvalue weighted by molar-refractivity contribution is 6.11. The molecule has 1 aliphatic rings. The van der Waals surface area contributed by atoms with Gasteiger partial charge in [0.15, 0.2) is 0 Å². The van der Waals surface area contributed by atoms with Crippen molar-refractivity contribution < 1.29 is 4.79 Å². The third kappa shape index (κ3) is 4.42. The minimum absolute atomic E-state index is 0.126. The number of nitrogens with two attached hydrogens (primary N) is 1. The lowest BCUT2D eigenvalue weighted by Crippen LogP contribution is -2.28. The molecule has 1 aromatic carbocycles. The van der Waals surface area contributed by atoms with Crippen molar-refractivity contribution in [3.8, 4) is 11.8 Å². The molecule has 0 bridgehead atoms. The monoisotopic (exact) mass is 456 g/mol. The Balaban J connectivity index is 1.80. The van der Waals surface area contributed by atoms with Gasteiger partial charge in [-0.1, -0.05) is 48.4 Å². The average molecular weight is 457 g/mol. The molecule has 7 nitrogen and oxygen atoms in total. The summed E-state index contributed by atoms with van der Waals surface area (Å²) in [5.41, 5.74) is 9.10. The Bertz CT molecular complexity index is 1270. The molecule has 0 spiro atoms. The lowest BCUT2D eigenvalue weighted by molar-refractivity contribution is 0.0941. The molecule has 2 aromatic heterocycles. The van der Waals surface area contributed by atoms with E-state index < -0.39 is 0 Å². The van der Waals surface area contributed by atoms with Crippen LogP contribution in [0.5, 0.6) is 0 Å². The summed E-state index contributed by atoms with van der Waals surface area (Å²) < 4.78 is 2.11. The molecule has 1 amide bonds. The molecule has 7 heteroatoms. The topological polar surface area (TPSA) is 89.1 Å². The molecule has 0 saturated carbocycles. The van der Waals surface area contributed by atoms with Crippen LogP contribution < -0.4 is 11.1 Å². The van der Waals surface area contributed by atoms with Gasteiger partial charge in [0.2, 0.25) is 0 Å². The zero-order valence-electron chi connectivity index (χ0n) is 20.2.